The van der Waals surface area contributed by atoms with E-state index >= 15 is 0 Å². The summed E-state index contributed by atoms with van der Waals surface area (Å²) in [5.74, 6) is -2.42. The van der Waals surface area contributed by atoms with E-state index in [-0.39, 0.29) is 51.8 Å². The molecule has 0 radical (unpaired) electrons. The molecule has 0 aliphatic carbocycles. The zero-order chi connectivity index (χ0) is 34.2. The highest BCUT2D eigenvalue weighted by atomic mass is 35.5. The molecule has 13 nitrogen and oxygen atoms in total. The number of ether oxygens (including phenoxy) is 1. The topological polar surface area (TPSA) is 169 Å². The van der Waals surface area contributed by atoms with E-state index in [1.165, 1.54) is 31.0 Å². The van der Waals surface area contributed by atoms with Gasteiger partial charge >= 0.3 is 6.09 Å². The van der Waals surface area contributed by atoms with Crippen molar-refractivity contribution in [3.8, 4) is 17.3 Å². The number of methoxy groups -OCH3 is 1. The van der Waals surface area contributed by atoms with Gasteiger partial charge in [0.1, 0.15) is 23.2 Å². The zero-order valence-electron chi connectivity index (χ0n) is 25.0. The quantitative estimate of drug-likeness (QED) is 0.194. The predicted octanol–water partition coefficient (Wildman–Crippen LogP) is 4.28. The highest BCUT2D eigenvalue weighted by Crippen LogP contribution is 2.38. The Labute approximate surface area is 271 Å². The maximum atomic E-state index is 14.0. The number of nitrogens with zero attached hydrogens (tertiary/aromatic N) is 5. The van der Waals surface area contributed by atoms with Gasteiger partial charge < -0.3 is 20.3 Å². The van der Waals surface area contributed by atoms with Crippen molar-refractivity contribution in [1.82, 2.24) is 24.6 Å². The normalized spacial score (nSPS) is 12.2. The molecule has 5 rings (SSSR count). The molecule has 5 aromatic rings. The van der Waals surface area contributed by atoms with Gasteiger partial charge in [0.25, 0.3) is 5.56 Å². The summed E-state index contributed by atoms with van der Waals surface area (Å²) in [4.78, 5) is 29.4. The molecule has 0 spiro atoms. The molecule has 1 unspecified atom stereocenters. The van der Waals surface area contributed by atoms with Gasteiger partial charge in [-0.2, -0.15) is 10.1 Å². The van der Waals surface area contributed by atoms with Crippen molar-refractivity contribution >= 4 is 44.4 Å². The summed E-state index contributed by atoms with van der Waals surface area (Å²) in [7, 11) is -0.992. The number of rotatable bonds is 10. The van der Waals surface area contributed by atoms with Gasteiger partial charge in [-0.05, 0) is 47.5 Å². The maximum Gasteiger partial charge on any atom is 0.405 e. The van der Waals surface area contributed by atoms with E-state index in [0.717, 1.165) is 33.3 Å². The van der Waals surface area contributed by atoms with Crippen LogP contribution in [0.1, 0.15) is 23.0 Å². The number of aromatic hydroxyl groups is 1. The number of anilines is 1. The van der Waals surface area contributed by atoms with E-state index in [2.05, 4.69) is 15.4 Å². The van der Waals surface area contributed by atoms with Crippen LogP contribution in [0.3, 0.4) is 0 Å². The number of carboxylic acid groups (broad SMARTS) is 1. The highest BCUT2D eigenvalue weighted by molar-refractivity contribution is 7.92. The summed E-state index contributed by atoms with van der Waals surface area (Å²) in [6.07, 6.45) is -0.936. The van der Waals surface area contributed by atoms with E-state index in [4.69, 9.17) is 16.3 Å². The van der Waals surface area contributed by atoms with Crippen molar-refractivity contribution in [3.63, 3.8) is 0 Å². The number of sulfonamides is 1. The largest absolute Gasteiger partial charge is 0.497 e. The minimum atomic E-state index is -3.98. The van der Waals surface area contributed by atoms with E-state index in [1.807, 2.05) is 0 Å². The molecule has 246 valence electrons. The molecule has 0 saturated carbocycles. The van der Waals surface area contributed by atoms with Crippen molar-refractivity contribution in [2.45, 2.75) is 19.0 Å². The number of aromatic nitrogens is 4. The molecule has 0 saturated heterocycles. The Balaban J connectivity index is 1.73. The number of aryl methyl sites for hydroxylation is 1. The van der Waals surface area contributed by atoms with Crippen LogP contribution in [0.5, 0.6) is 11.6 Å². The molecule has 0 aliphatic heterocycles. The summed E-state index contributed by atoms with van der Waals surface area (Å²) in [6.45, 7) is -0.143. The minimum Gasteiger partial charge on any atom is -0.497 e. The highest BCUT2D eigenvalue weighted by Gasteiger charge is 2.29. The second-order valence-corrected chi connectivity index (χ2v) is 12.8. The fourth-order valence-corrected chi connectivity index (χ4v) is 6.29. The smallest absolute Gasteiger partial charge is 0.405 e. The first kappa shape index (κ1) is 33.2. The van der Waals surface area contributed by atoms with Crippen molar-refractivity contribution in [2.24, 2.45) is 7.05 Å². The van der Waals surface area contributed by atoms with Gasteiger partial charge in [0.2, 0.25) is 15.9 Å². The second kappa shape index (κ2) is 12.9. The van der Waals surface area contributed by atoms with Gasteiger partial charge in [-0.3, -0.25) is 14.0 Å². The summed E-state index contributed by atoms with van der Waals surface area (Å²) >= 11 is 6.65. The van der Waals surface area contributed by atoms with Crippen LogP contribution in [0.4, 0.5) is 19.4 Å². The van der Waals surface area contributed by atoms with Gasteiger partial charge in [0.15, 0.2) is 5.82 Å². The Morgan fingerprint density at radius 3 is 2.34 bits per heavy atom. The number of amides is 1. The standard InChI is InChI=1S/C30H27ClF2N6O7S/c1-37-27-23(9-8-21(31)26(27)29(36-37)38(47(3,44)45)15-16-4-6-20(46-2)7-5-16)39-25(41)14-24(40)35-28(39)22(34-30(42)43)12-17-10-18(32)13-19(33)11-17/h4-11,13-14,22,34,40H,12,15H2,1-3H3,(H,42,43). The third-order valence-electron chi connectivity index (χ3n) is 7.16. The number of hydrogen-bond donors (Lipinski definition) is 3. The monoisotopic (exact) mass is 688 g/mol. The lowest BCUT2D eigenvalue weighted by atomic mass is 10.0. The number of halogens is 3. The Kier molecular flexibility index (Phi) is 9.09. The average molecular weight is 689 g/mol. The molecule has 1 atom stereocenters. The number of fused-ring (bicyclic) bond motifs is 1. The van der Waals surface area contributed by atoms with Crippen LogP contribution in [0, 0.1) is 11.6 Å². The van der Waals surface area contributed by atoms with Crippen molar-refractivity contribution in [3.05, 3.63) is 105 Å². The van der Waals surface area contributed by atoms with E-state index in [0.29, 0.717) is 17.4 Å². The number of benzene rings is 3. The molecule has 3 N–H and O–H groups in total. The SMILES string of the molecule is COc1ccc(CN(c2nn(C)c3c(-n4c(C(Cc5cc(F)cc(F)c5)NC(=O)O)nc(O)cc4=O)ccc(Cl)c23)S(C)(=O)=O)cc1. The number of nitrogens with one attached hydrogen (secondary N) is 1. The van der Waals surface area contributed by atoms with Gasteiger partial charge in [-0.25, -0.2) is 26.3 Å². The maximum absolute atomic E-state index is 14.0. The third kappa shape index (κ3) is 6.97. The Bertz CT molecular complexity index is 2150. The van der Waals surface area contributed by atoms with Crippen LogP contribution in [-0.4, -0.2) is 57.4 Å². The molecule has 47 heavy (non-hydrogen) atoms. The Morgan fingerprint density at radius 2 is 1.74 bits per heavy atom. The summed E-state index contributed by atoms with van der Waals surface area (Å²) in [5, 5.41) is 26.8. The van der Waals surface area contributed by atoms with Crippen LogP contribution in [0.15, 0.2) is 65.5 Å². The van der Waals surface area contributed by atoms with E-state index < -0.39 is 45.2 Å². The van der Waals surface area contributed by atoms with Crippen LogP contribution in [0.25, 0.3) is 16.6 Å². The first-order valence-corrected chi connectivity index (χ1v) is 15.9. The first-order chi connectivity index (χ1) is 22.2. The van der Waals surface area contributed by atoms with Gasteiger partial charge in [-0.1, -0.05) is 23.7 Å². The van der Waals surface area contributed by atoms with E-state index in [1.54, 1.807) is 24.3 Å². The number of hydrogen-bond acceptors (Lipinski definition) is 8. The van der Waals surface area contributed by atoms with Crippen molar-refractivity contribution < 1.29 is 36.9 Å². The molecule has 0 bridgehead atoms. The molecular formula is C30H27ClF2N6O7S. The summed E-state index contributed by atoms with van der Waals surface area (Å²) in [5.41, 5.74) is -0.0485. The fraction of sp³-hybridized carbons (Fsp3) is 0.200. The fourth-order valence-electron chi connectivity index (χ4n) is 5.22. The third-order valence-corrected chi connectivity index (χ3v) is 8.58. The van der Waals surface area contributed by atoms with Crippen molar-refractivity contribution in [1.29, 1.82) is 0 Å². The molecule has 2 heterocycles. The van der Waals surface area contributed by atoms with Gasteiger partial charge in [0, 0.05) is 19.5 Å². The molecule has 2 aromatic heterocycles. The van der Waals surface area contributed by atoms with Crippen LogP contribution >= 0.6 is 11.6 Å². The van der Waals surface area contributed by atoms with Gasteiger partial charge in [0.05, 0.1) is 53.6 Å². The zero-order valence-corrected chi connectivity index (χ0v) is 26.6. The van der Waals surface area contributed by atoms with Crippen LogP contribution in [-0.2, 0) is 30.0 Å². The molecule has 0 aliphatic rings. The predicted molar refractivity (Wildman–Crippen MR) is 169 cm³/mol. The lowest BCUT2D eigenvalue weighted by Crippen LogP contribution is -2.34. The molecule has 17 heteroatoms. The molecule has 1 amide bonds. The van der Waals surface area contributed by atoms with Crippen LogP contribution in [0.2, 0.25) is 5.02 Å². The second-order valence-electron chi connectivity index (χ2n) is 10.5. The lowest BCUT2D eigenvalue weighted by molar-refractivity contribution is 0.189. The molecule has 3 aromatic carbocycles. The number of carbonyl (C=O) groups is 1. The van der Waals surface area contributed by atoms with E-state index in [9.17, 15) is 37.0 Å². The summed E-state index contributed by atoms with van der Waals surface area (Å²) in [6, 6.07) is 11.5. The van der Waals surface area contributed by atoms with Gasteiger partial charge in [-0.15, -0.1) is 0 Å². The Hall–Kier alpha value is -5.22. The molecular weight excluding hydrogens is 662 g/mol. The average Bonchev–Trinajstić information content (AvgIpc) is 3.32. The Morgan fingerprint density at radius 1 is 1.09 bits per heavy atom. The summed E-state index contributed by atoms with van der Waals surface area (Å²) < 4.78 is 62.8. The molecule has 0 fully saturated rings. The van der Waals surface area contributed by atoms with Crippen LogP contribution < -0.4 is 19.9 Å². The lowest BCUT2D eigenvalue weighted by Gasteiger charge is -2.22. The first-order valence-electron chi connectivity index (χ1n) is 13.7. The van der Waals surface area contributed by atoms with Crippen molar-refractivity contribution in [2.75, 3.05) is 17.7 Å². The minimum absolute atomic E-state index is 0.0248.